The van der Waals surface area contributed by atoms with Gasteiger partial charge in [0.1, 0.15) is 11.5 Å². The zero-order chi connectivity index (χ0) is 11.4. The summed E-state index contributed by atoms with van der Waals surface area (Å²) in [6.45, 7) is 3.30. The maximum atomic E-state index is 10.2. The van der Waals surface area contributed by atoms with Crippen molar-refractivity contribution in [3.8, 4) is 5.75 Å². The molecule has 0 spiro atoms. The average molecular weight is 206 g/mol. The van der Waals surface area contributed by atoms with Crippen LogP contribution in [0.25, 0.3) is 11.8 Å². The van der Waals surface area contributed by atoms with Crippen LogP contribution in [0.4, 0.5) is 0 Å². The molecule has 1 aromatic carbocycles. The highest BCUT2D eigenvalue weighted by Gasteiger charge is 2.02. The fraction of sp³-hybridized carbons (Fsp3) is 0. The SMILES string of the molecule is C=C(O)c1ccc(/C=C/C(=O)O)c(O)c1. The Morgan fingerprint density at radius 3 is 2.47 bits per heavy atom. The number of aromatic hydroxyl groups is 1. The van der Waals surface area contributed by atoms with E-state index in [0.717, 1.165) is 6.08 Å². The molecule has 0 saturated carbocycles. The first-order valence-corrected chi connectivity index (χ1v) is 4.13. The van der Waals surface area contributed by atoms with Gasteiger partial charge in [0.15, 0.2) is 0 Å². The molecular formula is C11H10O4. The lowest BCUT2D eigenvalue weighted by Crippen LogP contribution is -1.87. The molecule has 0 saturated heterocycles. The molecule has 0 atom stereocenters. The summed E-state index contributed by atoms with van der Waals surface area (Å²) in [5, 5.41) is 26.9. The van der Waals surface area contributed by atoms with Gasteiger partial charge in [-0.2, -0.15) is 0 Å². The third-order valence-electron chi connectivity index (χ3n) is 1.77. The van der Waals surface area contributed by atoms with Gasteiger partial charge in [0.25, 0.3) is 0 Å². The minimum atomic E-state index is -1.09. The van der Waals surface area contributed by atoms with E-state index in [-0.39, 0.29) is 11.5 Å². The van der Waals surface area contributed by atoms with Crippen molar-refractivity contribution < 1.29 is 20.1 Å². The molecule has 3 N–H and O–H groups in total. The summed E-state index contributed by atoms with van der Waals surface area (Å²) >= 11 is 0. The van der Waals surface area contributed by atoms with E-state index in [1.165, 1.54) is 24.3 Å². The molecule has 0 radical (unpaired) electrons. The molecule has 4 heteroatoms. The molecule has 0 heterocycles. The van der Waals surface area contributed by atoms with Gasteiger partial charge in [-0.25, -0.2) is 4.79 Å². The molecule has 0 bridgehead atoms. The lowest BCUT2D eigenvalue weighted by Gasteiger charge is -2.02. The number of rotatable bonds is 3. The first kappa shape index (κ1) is 10.8. The summed E-state index contributed by atoms with van der Waals surface area (Å²) < 4.78 is 0. The zero-order valence-corrected chi connectivity index (χ0v) is 7.84. The molecule has 78 valence electrons. The summed E-state index contributed by atoms with van der Waals surface area (Å²) in [6.07, 6.45) is 2.18. The summed E-state index contributed by atoms with van der Waals surface area (Å²) in [4.78, 5) is 10.2. The Labute approximate surface area is 86.4 Å². The van der Waals surface area contributed by atoms with Crippen LogP contribution in [0.15, 0.2) is 30.9 Å². The molecule has 4 nitrogen and oxygen atoms in total. The second-order valence-corrected chi connectivity index (χ2v) is 2.89. The van der Waals surface area contributed by atoms with Crippen LogP contribution in [0.5, 0.6) is 5.75 Å². The van der Waals surface area contributed by atoms with Crippen molar-refractivity contribution in [2.45, 2.75) is 0 Å². The largest absolute Gasteiger partial charge is 0.508 e. The zero-order valence-electron chi connectivity index (χ0n) is 7.84. The molecular weight excluding hydrogens is 196 g/mol. The van der Waals surface area contributed by atoms with Gasteiger partial charge in [0.2, 0.25) is 0 Å². The molecule has 0 unspecified atom stereocenters. The van der Waals surface area contributed by atoms with Crippen molar-refractivity contribution in [1.29, 1.82) is 0 Å². The molecule has 0 fully saturated rings. The molecule has 0 aromatic heterocycles. The maximum Gasteiger partial charge on any atom is 0.328 e. The van der Waals surface area contributed by atoms with Crippen LogP contribution in [0.2, 0.25) is 0 Å². The lowest BCUT2D eigenvalue weighted by atomic mass is 10.1. The Hall–Kier alpha value is -2.23. The minimum absolute atomic E-state index is 0.111. The smallest absolute Gasteiger partial charge is 0.328 e. The second-order valence-electron chi connectivity index (χ2n) is 2.89. The van der Waals surface area contributed by atoms with Gasteiger partial charge in [-0.05, 0) is 12.1 Å². The first-order valence-electron chi connectivity index (χ1n) is 4.13. The van der Waals surface area contributed by atoms with E-state index < -0.39 is 5.97 Å². The Kier molecular flexibility index (Phi) is 3.13. The third kappa shape index (κ3) is 2.87. The number of carboxylic acid groups (broad SMARTS) is 1. The Bertz CT molecular complexity index is 432. The summed E-state index contributed by atoms with van der Waals surface area (Å²) in [5.41, 5.74) is 0.752. The van der Waals surface area contributed by atoms with Crippen LogP contribution in [0, 0.1) is 0 Å². The van der Waals surface area contributed by atoms with Gasteiger partial charge in [-0.15, -0.1) is 0 Å². The maximum absolute atomic E-state index is 10.2. The Morgan fingerprint density at radius 2 is 2.00 bits per heavy atom. The lowest BCUT2D eigenvalue weighted by molar-refractivity contribution is -0.131. The van der Waals surface area contributed by atoms with Crippen molar-refractivity contribution in [2.75, 3.05) is 0 Å². The fourth-order valence-corrected chi connectivity index (χ4v) is 1.03. The minimum Gasteiger partial charge on any atom is -0.508 e. The Balaban J connectivity index is 3.03. The summed E-state index contributed by atoms with van der Waals surface area (Å²) in [6, 6.07) is 4.33. The van der Waals surface area contributed by atoms with E-state index in [1.807, 2.05) is 0 Å². The van der Waals surface area contributed by atoms with E-state index >= 15 is 0 Å². The molecule has 1 aromatic rings. The number of aliphatic carboxylic acids is 1. The number of hydrogen-bond donors (Lipinski definition) is 3. The normalized spacial score (nSPS) is 10.4. The number of hydrogen-bond acceptors (Lipinski definition) is 3. The van der Waals surface area contributed by atoms with E-state index in [1.54, 1.807) is 0 Å². The average Bonchev–Trinajstić information content (AvgIpc) is 2.15. The molecule has 0 aliphatic rings. The molecule has 0 amide bonds. The van der Waals surface area contributed by atoms with Gasteiger partial charge >= 0.3 is 5.97 Å². The van der Waals surface area contributed by atoms with Crippen molar-refractivity contribution in [3.63, 3.8) is 0 Å². The van der Waals surface area contributed by atoms with Crippen molar-refractivity contribution in [3.05, 3.63) is 42.0 Å². The quantitative estimate of drug-likeness (QED) is 0.522. The van der Waals surface area contributed by atoms with Gasteiger partial charge in [0, 0.05) is 17.2 Å². The van der Waals surface area contributed by atoms with Crippen LogP contribution < -0.4 is 0 Å². The van der Waals surface area contributed by atoms with E-state index in [9.17, 15) is 9.90 Å². The highest BCUT2D eigenvalue weighted by atomic mass is 16.4. The molecule has 15 heavy (non-hydrogen) atoms. The van der Waals surface area contributed by atoms with Crippen LogP contribution in [-0.2, 0) is 4.79 Å². The predicted molar refractivity (Wildman–Crippen MR) is 56.4 cm³/mol. The van der Waals surface area contributed by atoms with Crippen LogP contribution in [-0.4, -0.2) is 21.3 Å². The van der Waals surface area contributed by atoms with E-state index in [4.69, 9.17) is 10.2 Å². The van der Waals surface area contributed by atoms with Crippen molar-refractivity contribution >= 4 is 17.8 Å². The highest BCUT2D eigenvalue weighted by Crippen LogP contribution is 2.22. The summed E-state index contributed by atoms with van der Waals surface area (Å²) in [5.74, 6) is -1.36. The topological polar surface area (TPSA) is 77.8 Å². The monoisotopic (exact) mass is 206 g/mol. The van der Waals surface area contributed by atoms with Crippen LogP contribution in [0.1, 0.15) is 11.1 Å². The van der Waals surface area contributed by atoms with Gasteiger partial charge in [-0.1, -0.05) is 18.7 Å². The standard InChI is InChI=1S/C11H10O4/c1-7(12)9-3-2-8(10(13)6-9)4-5-11(14)15/h2-6,12-13H,1H2,(H,14,15)/b5-4+. The Morgan fingerprint density at radius 1 is 1.33 bits per heavy atom. The number of phenolic OH excluding ortho intramolecular Hbond substituents is 1. The van der Waals surface area contributed by atoms with Gasteiger partial charge in [-0.3, -0.25) is 0 Å². The van der Waals surface area contributed by atoms with Crippen molar-refractivity contribution in [2.24, 2.45) is 0 Å². The predicted octanol–water partition coefficient (Wildman–Crippen LogP) is 2.02. The first-order chi connectivity index (χ1) is 7.00. The number of aliphatic hydroxyl groups is 1. The second kappa shape index (κ2) is 4.32. The van der Waals surface area contributed by atoms with Gasteiger partial charge in [0.05, 0.1) is 0 Å². The molecule has 0 aliphatic heterocycles. The summed E-state index contributed by atoms with van der Waals surface area (Å²) in [7, 11) is 0. The number of carboxylic acids is 1. The van der Waals surface area contributed by atoms with Crippen LogP contribution in [0.3, 0.4) is 0 Å². The van der Waals surface area contributed by atoms with Crippen LogP contribution >= 0.6 is 0 Å². The number of benzene rings is 1. The van der Waals surface area contributed by atoms with Gasteiger partial charge < -0.3 is 15.3 Å². The number of phenols is 1. The molecule has 1 rings (SSSR count). The number of carbonyl (C=O) groups is 1. The van der Waals surface area contributed by atoms with E-state index in [0.29, 0.717) is 11.1 Å². The highest BCUT2D eigenvalue weighted by molar-refractivity contribution is 5.86. The van der Waals surface area contributed by atoms with E-state index in [2.05, 4.69) is 6.58 Å². The fourth-order valence-electron chi connectivity index (χ4n) is 1.03. The van der Waals surface area contributed by atoms with Crippen molar-refractivity contribution in [1.82, 2.24) is 0 Å². The third-order valence-corrected chi connectivity index (χ3v) is 1.77. The molecule has 0 aliphatic carbocycles. The number of aliphatic hydroxyl groups excluding tert-OH is 1.